The molecule has 0 saturated carbocycles. The third kappa shape index (κ3) is 64.6. The summed E-state index contributed by atoms with van der Waals surface area (Å²) < 4.78 is 0. The van der Waals surface area contributed by atoms with Gasteiger partial charge in [0.1, 0.15) is 0 Å². The van der Waals surface area contributed by atoms with Crippen molar-refractivity contribution in [3.63, 3.8) is 0 Å². The smallest absolute Gasteiger partial charge is 0 e. The average molecular weight is 1390 g/mol. The number of hydrogen-bond donors (Lipinski definition) is 0. The molecular formula is C27H39N5U4-4. The van der Waals surface area contributed by atoms with Gasteiger partial charge in [0.2, 0.25) is 0 Å². The first-order valence-corrected chi connectivity index (χ1v) is 10.9. The normalized spacial score (nSPS) is 6.00. The molecule has 192 valence electrons. The summed E-state index contributed by atoms with van der Waals surface area (Å²) in [7, 11) is 0. The molecule has 4 aromatic rings. The predicted molar refractivity (Wildman–Crippen MR) is 135 cm³/mol. The first kappa shape index (κ1) is 56.8. The van der Waals surface area contributed by atoms with E-state index in [1.165, 1.54) is 12.5 Å². The van der Waals surface area contributed by atoms with E-state index in [1.54, 1.807) is 37.1 Å². The minimum atomic E-state index is 0. The number of aromatic nitrogens is 5. The molecule has 0 fully saturated rings. The van der Waals surface area contributed by atoms with Crippen molar-refractivity contribution in [2.24, 2.45) is 0 Å². The van der Waals surface area contributed by atoms with E-state index in [9.17, 15) is 0 Å². The van der Waals surface area contributed by atoms with Gasteiger partial charge in [-0.1, -0.05) is 80.2 Å². The summed E-state index contributed by atoms with van der Waals surface area (Å²) in [5, 5.41) is 0. The van der Waals surface area contributed by atoms with Gasteiger partial charge in [0, 0.05) is 124 Å². The van der Waals surface area contributed by atoms with Crippen LogP contribution in [0.2, 0.25) is 0 Å². The van der Waals surface area contributed by atoms with E-state index < -0.39 is 0 Å². The standard InChI is InChI=1S/C6H5.C5H4N.2C4H3N2.4C2H6.4U/c2*1-2-4-6-5-3-1;1-2-6-4-3-5-1;1-2-5-4-6-3-1;4*1-2;;;;/h1-5H;1-2,4-5H;1-3H;1-2,4H;4*1-2H3;;;;/q4*-1;;;;;;;;. The Morgan fingerprint density at radius 3 is 1.08 bits per heavy atom. The van der Waals surface area contributed by atoms with Crippen LogP contribution in [0.4, 0.5) is 0 Å². The average Bonchev–Trinajstić information content (AvgIpc) is 2.98. The molecule has 0 radical (unpaired) electrons. The van der Waals surface area contributed by atoms with Gasteiger partial charge in [-0.15, -0.1) is 18.5 Å². The van der Waals surface area contributed by atoms with Crippen molar-refractivity contribution in [1.82, 2.24) is 24.9 Å². The topological polar surface area (TPSA) is 64.5 Å². The fraction of sp³-hybridized carbons (Fsp3) is 0.296. The first-order valence-electron chi connectivity index (χ1n) is 10.9. The largest absolute Gasteiger partial charge is 0.456 e. The van der Waals surface area contributed by atoms with Crippen LogP contribution in [0.3, 0.4) is 0 Å². The van der Waals surface area contributed by atoms with Crippen molar-refractivity contribution < 1.29 is 124 Å². The monoisotopic (exact) mass is 1390 g/mol. The maximum atomic E-state index is 3.73. The van der Waals surface area contributed by atoms with Crippen LogP contribution in [0.25, 0.3) is 0 Å². The summed E-state index contributed by atoms with van der Waals surface area (Å²) in [5.41, 5.74) is 0. The van der Waals surface area contributed by atoms with Crippen LogP contribution in [-0.4, -0.2) is 24.9 Å². The SMILES string of the molecule is CC.CC.CC.CC.[U].[U].[U].[U].[c-]1ccccc1.[c-]1cccnc1.[c-]1ccncn1.[c-]1cnccn1. The van der Waals surface area contributed by atoms with E-state index in [-0.39, 0.29) is 124 Å². The van der Waals surface area contributed by atoms with Crippen molar-refractivity contribution in [3.05, 3.63) is 117 Å². The Balaban J connectivity index is -0.0000000428. The van der Waals surface area contributed by atoms with E-state index in [2.05, 4.69) is 49.4 Å². The minimum absolute atomic E-state index is 0. The number of benzene rings is 1. The van der Waals surface area contributed by atoms with E-state index in [4.69, 9.17) is 0 Å². The van der Waals surface area contributed by atoms with E-state index >= 15 is 0 Å². The second-order valence-electron chi connectivity index (χ2n) is 3.70. The number of rotatable bonds is 0. The Bertz CT molecular complexity index is 452. The minimum Gasteiger partial charge on any atom is -0.456 e. The van der Waals surface area contributed by atoms with Gasteiger partial charge in [0.25, 0.3) is 0 Å². The van der Waals surface area contributed by atoms with E-state index in [1.807, 2.05) is 97.9 Å². The molecule has 3 aromatic heterocycles. The van der Waals surface area contributed by atoms with Crippen LogP contribution in [0.1, 0.15) is 55.4 Å². The van der Waals surface area contributed by atoms with E-state index in [0.717, 1.165) is 0 Å². The zero-order valence-corrected chi connectivity index (χ0v) is 39.6. The quantitative estimate of drug-likeness (QED) is 0.177. The Labute approximate surface area is 316 Å². The van der Waals surface area contributed by atoms with Gasteiger partial charge in [0.05, 0.1) is 0 Å². The summed E-state index contributed by atoms with van der Waals surface area (Å²) in [6.45, 7) is 16.0. The summed E-state index contributed by atoms with van der Waals surface area (Å²) in [6.07, 6.45) is 16.2. The van der Waals surface area contributed by atoms with Crippen LogP contribution < -0.4 is 0 Å². The van der Waals surface area contributed by atoms with Gasteiger partial charge < -0.3 is 24.9 Å². The molecular weight excluding hydrogens is 1350 g/mol. The van der Waals surface area contributed by atoms with Crippen LogP contribution in [0, 0.1) is 149 Å². The molecule has 0 atom stereocenters. The Hall–Kier alpha value is 0.738. The van der Waals surface area contributed by atoms with Gasteiger partial charge in [-0.3, -0.25) is 0 Å². The number of pyridine rings is 1. The predicted octanol–water partition coefficient (Wildman–Crippen LogP) is 7.03. The van der Waals surface area contributed by atoms with Crippen LogP contribution in [-0.2, 0) is 0 Å². The number of hydrogen-bond acceptors (Lipinski definition) is 5. The summed E-state index contributed by atoms with van der Waals surface area (Å²) in [5.74, 6) is 0. The van der Waals surface area contributed by atoms with Crippen molar-refractivity contribution in [2.45, 2.75) is 55.4 Å². The maximum Gasteiger partial charge on any atom is 0 e. The Morgan fingerprint density at radius 1 is 0.417 bits per heavy atom. The molecule has 0 saturated heterocycles. The van der Waals surface area contributed by atoms with Crippen molar-refractivity contribution in [3.8, 4) is 0 Å². The molecule has 5 nitrogen and oxygen atoms in total. The Kier molecular flexibility index (Phi) is 111. The molecule has 0 aliphatic heterocycles. The molecule has 0 amide bonds. The molecule has 0 aliphatic carbocycles. The van der Waals surface area contributed by atoms with Crippen LogP contribution in [0.15, 0.2) is 92.0 Å². The molecule has 0 N–H and O–H groups in total. The third-order valence-corrected chi connectivity index (χ3v) is 1.99. The van der Waals surface area contributed by atoms with Gasteiger partial charge in [0.15, 0.2) is 0 Å². The molecule has 0 bridgehead atoms. The van der Waals surface area contributed by atoms with Crippen molar-refractivity contribution in [1.29, 1.82) is 0 Å². The first-order chi connectivity index (χ1) is 16.0. The summed E-state index contributed by atoms with van der Waals surface area (Å²) in [4.78, 5) is 18.2. The molecule has 4 rings (SSSR count). The van der Waals surface area contributed by atoms with Gasteiger partial charge in [-0.2, -0.15) is 42.5 Å². The van der Waals surface area contributed by atoms with Gasteiger partial charge in [-0.25, -0.2) is 12.1 Å². The second-order valence-corrected chi connectivity index (χ2v) is 3.70. The molecule has 9 heteroatoms. The molecule has 0 unspecified atom stereocenters. The van der Waals surface area contributed by atoms with Gasteiger partial charge in [-0.05, 0) is 18.7 Å². The fourth-order valence-corrected chi connectivity index (χ4v) is 1.07. The zero-order valence-electron chi connectivity index (χ0n) is 22.9. The summed E-state index contributed by atoms with van der Waals surface area (Å²) >= 11 is 0. The molecule has 0 aliphatic rings. The third-order valence-electron chi connectivity index (χ3n) is 1.99. The molecule has 0 spiro atoms. The second kappa shape index (κ2) is 70.5. The van der Waals surface area contributed by atoms with Gasteiger partial charge >= 0.3 is 0 Å². The molecule has 36 heavy (non-hydrogen) atoms. The summed E-state index contributed by atoms with van der Waals surface area (Å²) in [6, 6.07) is 20.6. The van der Waals surface area contributed by atoms with Crippen LogP contribution >= 0.6 is 0 Å². The number of nitrogens with zero attached hydrogens (tertiary/aromatic N) is 5. The van der Waals surface area contributed by atoms with E-state index in [0.29, 0.717) is 0 Å². The fourth-order valence-electron chi connectivity index (χ4n) is 1.07. The zero-order chi connectivity index (χ0) is 25.0. The molecule has 3 heterocycles. The van der Waals surface area contributed by atoms with Crippen molar-refractivity contribution >= 4 is 0 Å². The maximum absolute atomic E-state index is 3.73. The van der Waals surface area contributed by atoms with Crippen molar-refractivity contribution in [2.75, 3.05) is 0 Å². The Morgan fingerprint density at radius 2 is 0.972 bits per heavy atom. The molecule has 1 aromatic carbocycles. The van der Waals surface area contributed by atoms with Crippen LogP contribution in [0.5, 0.6) is 0 Å².